The molecule has 1 heterocycles. The molecule has 5 nitrogen and oxygen atoms in total. The Morgan fingerprint density at radius 2 is 1.84 bits per heavy atom. The second-order valence-electron chi connectivity index (χ2n) is 7.10. The molecule has 0 saturated carbocycles. The van der Waals surface area contributed by atoms with E-state index < -0.39 is 6.10 Å². The number of carbonyl (C=O) groups excluding carboxylic acids is 1. The van der Waals surface area contributed by atoms with Gasteiger partial charge in [0.2, 0.25) is 0 Å². The molecule has 2 N–H and O–H groups in total. The summed E-state index contributed by atoms with van der Waals surface area (Å²) in [7, 11) is 1.38. The number of aliphatic hydroxyl groups excluding tert-OH is 1. The minimum Gasteiger partial charge on any atom is -0.491 e. The van der Waals surface area contributed by atoms with Crippen LogP contribution >= 0.6 is 11.3 Å². The van der Waals surface area contributed by atoms with Gasteiger partial charge in [0.1, 0.15) is 18.5 Å². The molecule has 1 aromatic heterocycles. The van der Waals surface area contributed by atoms with E-state index in [0.717, 1.165) is 10.4 Å². The van der Waals surface area contributed by atoms with Gasteiger partial charge in [-0.25, -0.2) is 4.79 Å². The number of methoxy groups -OCH3 is 1. The fraction of sp³-hybridized carbons (Fsp3) is 0.240. The minimum absolute atomic E-state index is 0.176. The molecule has 31 heavy (non-hydrogen) atoms. The van der Waals surface area contributed by atoms with E-state index in [4.69, 9.17) is 9.47 Å². The lowest BCUT2D eigenvalue weighted by molar-refractivity contribution is -0.133. The fourth-order valence-corrected chi connectivity index (χ4v) is 3.83. The van der Waals surface area contributed by atoms with Crippen LogP contribution in [-0.2, 0) is 16.1 Å². The molecular formula is C25H27NO4S. The largest absolute Gasteiger partial charge is 0.491 e. The van der Waals surface area contributed by atoms with E-state index in [2.05, 4.69) is 5.32 Å². The van der Waals surface area contributed by atoms with Gasteiger partial charge in [-0.05, 0) is 48.4 Å². The normalized spacial score (nSPS) is 12.4. The Hall–Kier alpha value is -2.93. The molecule has 0 fully saturated rings. The third-order valence-electron chi connectivity index (χ3n) is 4.61. The van der Waals surface area contributed by atoms with Crippen LogP contribution in [0.25, 0.3) is 11.6 Å². The average Bonchev–Trinajstić information content (AvgIpc) is 3.21. The summed E-state index contributed by atoms with van der Waals surface area (Å²) in [5, 5.41) is 13.4. The zero-order valence-electron chi connectivity index (χ0n) is 17.7. The molecule has 0 aliphatic carbocycles. The van der Waals surface area contributed by atoms with Gasteiger partial charge in [0.15, 0.2) is 0 Å². The van der Waals surface area contributed by atoms with Crippen LogP contribution in [0, 0.1) is 6.92 Å². The number of carbonyl (C=O) groups is 1. The molecule has 0 aliphatic heterocycles. The van der Waals surface area contributed by atoms with Crippen LogP contribution < -0.4 is 10.1 Å². The van der Waals surface area contributed by atoms with Crippen LogP contribution in [0.2, 0.25) is 0 Å². The van der Waals surface area contributed by atoms with Gasteiger partial charge in [0.25, 0.3) is 0 Å². The Labute approximate surface area is 187 Å². The SMILES string of the molecule is COC(=O)/C(=C/c1ccc(C)s1)c1ccc(OCC(O)CNCc2ccccc2)cc1. The maximum absolute atomic E-state index is 12.3. The number of rotatable bonds is 10. The van der Waals surface area contributed by atoms with Crippen LogP contribution in [0.15, 0.2) is 66.7 Å². The highest BCUT2D eigenvalue weighted by atomic mass is 32.1. The quantitative estimate of drug-likeness (QED) is 0.366. The number of nitrogens with one attached hydrogen (secondary N) is 1. The molecule has 6 heteroatoms. The summed E-state index contributed by atoms with van der Waals surface area (Å²) in [5.74, 6) is 0.238. The molecule has 0 radical (unpaired) electrons. The van der Waals surface area contributed by atoms with Gasteiger partial charge in [-0.15, -0.1) is 11.3 Å². The van der Waals surface area contributed by atoms with Crippen molar-refractivity contribution in [2.75, 3.05) is 20.3 Å². The van der Waals surface area contributed by atoms with E-state index in [1.807, 2.05) is 67.6 Å². The first-order valence-electron chi connectivity index (χ1n) is 10.1. The van der Waals surface area contributed by atoms with E-state index in [1.54, 1.807) is 23.5 Å². The van der Waals surface area contributed by atoms with E-state index in [0.29, 0.717) is 24.4 Å². The minimum atomic E-state index is -0.629. The van der Waals surface area contributed by atoms with Crippen LogP contribution in [-0.4, -0.2) is 37.4 Å². The summed E-state index contributed by atoms with van der Waals surface area (Å²) >= 11 is 1.62. The molecule has 0 bridgehead atoms. The number of esters is 1. The van der Waals surface area contributed by atoms with Crippen molar-refractivity contribution in [1.82, 2.24) is 5.32 Å². The summed E-state index contributed by atoms with van der Waals surface area (Å²) in [6.07, 6.45) is 1.21. The molecule has 0 amide bonds. The first-order chi connectivity index (χ1) is 15.0. The third kappa shape index (κ3) is 7.07. The number of aryl methyl sites for hydroxylation is 1. The first-order valence-corrected chi connectivity index (χ1v) is 10.9. The summed E-state index contributed by atoms with van der Waals surface area (Å²) in [5.41, 5.74) is 2.40. The second-order valence-corrected chi connectivity index (χ2v) is 8.42. The Bertz CT molecular complexity index is 996. The Kier molecular flexibility index (Phi) is 8.41. The van der Waals surface area contributed by atoms with E-state index >= 15 is 0 Å². The molecule has 3 rings (SSSR count). The van der Waals surface area contributed by atoms with Crippen LogP contribution in [0.1, 0.15) is 20.9 Å². The lowest BCUT2D eigenvalue weighted by atomic mass is 10.1. The summed E-state index contributed by atoms with van der Waals surface area (Å²) in [6.45, 7) is 3.33. The summed E-state index contributed by atoms with van der Waals surface area (Å²) in [6, 6.07) is 21.2. The molecule has 2 aromatic carbocycles. The molecule has 0 saturated heterocycles. The third-order valence-corrected chi connectivity index (χ3v) is 5.56. The van der Waals surface area contributed by atoms with Gasteiger partial charge in [0.05, 0.1) is 12.7 Å². The molecule has 1 atom stereocenters. The van der Waals surface area contributed by atoms with Crippen molar-refractivity contribution in [2.24, 2.45) is 0 Å². The van der Waals surface area contributed by atoms with Gasteiger partial charge < -0.3 is 19.9 Å². The Morgan fingerprint density at radius 3 is 2.48 bits per heavy atom. The zero-order chi connectivity index (χ0) is 22.1. The van der Waals surface area contributed by atoms with E-state index in [1.165, 1.54) is 17.6 Å². The maximum Gasteiger partial charge on any atom is 0.338 e. The second kappa shape index (κ2) is 11.5. The standard InChI is InChI=1S/C25H27NO4S/c1-18-8-13-23(31-18)14-24(25(28)29-2)20-9-11-22(12-10-20)30-17-21(27)16-26-15-19-6-4-3-5-7-19/h3-14,21,26-27H,15-17H2,1-2H3/b24-14+. The van der Waals surface area contributed by atoms with Crippen molar-refractivity contribution in [1.29, 1.82) is 0 Å². The predicted octanol–water partition coefficient (Wildman–Crippen LogP) is 4.30. The topological polar surface area (TPSA) is 67.8 Å². The van der Waals surface area contributed by atoms with Crippen molar-refractivity contribution in [2.45, 2.75) is 19.6 Å². The van der Waals surface area contributed by atoms with E-state index in [-0.39, 0.29) is 12.6 Å². The molecule has 1 unspecified atom stereocenters. The summed E-state index contributed by atoms with van der Waals surface area (Å²) in [4.78, 5) is 14.4. The van der Waals surface area contributed by atoms with Gasteiger partial charge in [-0.1, -0.05) is 42.5 Å². The van der Waals surface area contributed by atoms with Crippen LogP contribution in [0.5, 0.6) is 5.75 Å². The Balaban J connectivity index is 1.54. The molecular weight excluding hydrogens is 410 g/mol. The van der Waals surface area contributed by atoms with Crippen molar-refractivity contribution >= 4 is 29.0 Å². The highest BCUT2D eigenvalue weighted by molar-refractivity contribution is 7.12. The number of hydrogen-bond donors (Lipinski definition) is 2. The molecule has 3 aromatic rings. The van der Waals surface area contributed by atoms with Gasteiger partial charge >= 0.3 is 5.97 Å². The predicted molar refractivity (Wildman–Crippen MR) is 125 cm³/mol. The highest BCUT2D eigenvalue weighted by Crippen LogP contribution is 2.25. The van der Waals surface area contributed by atoms with Crippen molar-refractivity contribution in [3.8, 4) is 5.75 Å². The average molecular weight is 438 g/mol. The number of thiophene rings is 1. The lowest BCUT2D eigenvalue weighted by Crippen LogP contribution is -2.31. The van der Waals surface area contributed by atoms with Crippen molar-refractivity contribution in [3.63, 3.8) is 0 Å². The molecule has 162 valence electrons. The molecule has 0 spiro atoms. The fourth-order valence-electron chi connectivity index (χ4n) is 3.00. The van der Waals surface area contributed by atoms with Gasteiger partial charge in [-0.2, -0.15) is 0 Å². The monoisotopic (exact) mass is 437 g/mol. The van der Waals surface area contributed by atoms with Gasteiger partial charge in [-0.3, -0.25) is 0 Å². The highest BCUT2D eigenvalue weighted by Gasteiger charge is 2.14. The van der Waals surface area contributed by atoms with Crippen LogP contribution in [0.3, 0.4) is 0 Å². The molecule has 0 aliphatic rings. The number of benzene rings is 2. The Morgan fingerprint density at radius 1 is 1.10 bits per heavy atom. The van der Waals surface area contributed by atoms with Crippen molar-refractivity contribution < 1.29 is 19.4 Å². The zero-order valence-corrected chi connectivity index (χ0v) is 18.5. The van der Waals surface area contributed by atoms with E-state index in [9.17, 15) is 9.90 Å². The van der Waals surface area contributed by atoms with Crippen LogP contribution in [0.4, 0.5) is 0 Å². The van der Waals surface area contributed by atoms with Crippen molar-refractivity contribution in [3.05, 3.63) is 87.6 Å². The van der Waals surface area contributed by atoms with Gasteiger partial charge in [0, 0.05) is 22.8 Å². The summed E-state index contributed by atoms with van der Waals surface area (Å²) < 4.78 is 10.6. The smallest absolute Gasteiger partial charge is 0.338 e. The maximum atomic E-state index is 12.3. The first kappa shape index (κ1) is 22.7. The number of aliphatic hydroxyl groups is 1. The number of ether oxygens (including phenoxy) is 2. The lowest BCUT2D eigenvalue weighted by Gasteiger charge is -2.14. The number of hydrogen-bond acceptors (Lipinski definition) is 6.